The van der Waals surface area contributed by atoms with Gasteiger partial charge in [-0.05, 0) is 6.07 Å². The molecule has 3 rings (SSSR count). The average Bonchev–Trinajstić information content (AvgIpc) is 3.04. The van der Waals surface area contributed by atoms with E-state index in [1.807, 2.05) is 24.3 Å². The van der Waals surface area contributed by atoms with Crippen LogP contribution in [0.5, 0.6) is 0 Å². The number of hydrogen-bond donors (Lipinski definition) is 1. The summed E-state index contributed by atoms with van der Waals surface area (Å²) in [5.41, 5.74) is 1.82. The maximum absolute atomic E-state index is 5.81. The molecule has 0 bridgehead atoms. The number of nitrogens with one attached hydrogen (secondary N) is 1. The quantitative estimate of drug-likeness (QED) is 0.769. The highest BCUT2D eigenvalue weighted by atomic mass is 16.4. The molecule has 1 aromatic carbocycles. The van der Waals surface area contributed by atoms with E-state index in [2.05, 4.69) is 24.1 Å². The van der Waals surface area contributed by atoms with Crippen molar-refractivity contribution in [2.75, 3.05) is 6.54 Å². The van der Waals surface area contributed by atoms with Crippen molar-refractivity contribution in [3.05, 3.63) is 42.6 Å². The minimum absolute atomic E-state index is 0.474. The van der Waals surface area contributed by atoms with E-state index in [1.54, 1.807) is 12.5 Å². The highest BCUT2D eigenvalue weighted by molar-refractivity contribution is 5.92. The lowest BCUT2D eigenvalue weighted by atomic mass is 10.1. The summed E-state index contributed by atoms with van der Waals surface area (Å²) in [6.07, 6.45) is 4.28. The fourth-order valence-electron chi connectivity index (χ4n) is 2.19. The largest absolute Gasteiger partial charge is 0.464 e. The van der Waals surface area contributed by atoms with E-state index in [-0.39, 0.29) is 0 Å². The van der Waals surface area contributed by atoms with Crippen LogP contribution in [-0.2, 0) is 6.42 Å². The minimum Gasteiger partial charge on any atom is -0.464 e. The Balaban J connectivity index is 1.79. The minimum atomic E-state index is 0.474. The second kappa shape index (κ2) is 5.51. The monoisotopic (exact) mass is 270 g/mol. The number of nitrogens with zero attached hydrogens (tertiary/aromatic N) is 1. The van der Waals surface area contributed by atoms with Crippen molar-refractivity contribution in [2.45, 2.75) is 26.3 Å². The maximum Gasteiger partial charge on any atom is 0.196 e. The summed E-state index contributed by atoms with van der Waals surface area (Å²) in [6.45, 7) is 5.11. The lowest BCUT2D eigenvalue weighted by Gasteiger charge is -2.05. The molecule has 2 heterocycles. The summed E-state index contributed by atoms with van der Waals surface area (Å²) >= 11 is 0. The second-order valence-corrected chi connectivity index (χ2v) is 5.12. The van der Waals surface area contributed by atoms with Gasteiger partial charge in [0.05, 0.1) is 11.8 Å². The average molecular weight is 270 g/mol. The number of furan rings is 1. The first-order valence-electron chi connectivity index (χ1n) is 6.89. The molecule has 4 nitrogen and oxygen atoms in total. The third-order valence-electron chi connectivity index (χ3n) is 3.19. The van der Waals surface area contributed by atoms with Crippen LogP contribution in [0, 0.1) is 0 Å². The molecule has 0 radical (unpaired) electrons. The number of fused-ring (bicyclic) bond motifs is 1. The van der Waals surface area contributed by atoms with Crippen molar-refractivity contribution in [3.63, 3.8) is 0 Å². The summed E-state index contributed by atoms with van der Waals surface area (Å²) < 4.78 is 11.3. The van der Waals surface area contributed by atoms with E-state index in [4.69, 9.17) is 8.83 Å². The van der Waals surface area contributed by atoms with E-state index in [1.165, 1.54) is 0 Å². The normalized spacial score (nSPS) is 11.6. The number of benzene rings is 1. The van der Waals surface area contributed by atoms with Crippen molar-refractivity contribution in [1.29, 1.82) is 0 Å². The van der Waals surface area contributed by atoms with Gasteiger partial charge in [-0.2, -0.15) is 0 Å². The van der Waals surface area contributed by atoms with Crippen LogP contribution in [0.4, 0.5) is 0 Å². The third-order valence-corrected chi connectivity index (χ3v) is 3.19. The smallest absolute Gasteiger partial charge is 0.196 e. The van der Waals surface area contributed by atoms with Crippen LogP contribution in [0.1, 0.15) is 19.7 Å². The summed E-state index contributed by atoms with van der Waals surface area (Å²) in [4.78, 5) is 4.33. The van der Waals surface area contributed by atoms with Crippen molar-refractivity contribution in [3.8, 4) is 11.3 Å². The number of hydrogen-bond acceptors (Lipinski definition) is 4. The molecule has 0 spiro atoms. The van der Waals surface area contributed by atoms with Gasteiger partial charge in [0.25, 0.3) is 0 Å². The van der Waals surface area contributed by atoms with Gasteiger partial charge in [-0.15, -0.1) is 0 Å². The molecular weight excluding hydrogens is 252 g/mol. The standard InChI is InChI=1S/C16H18N2O2/c1-11(2)17-8-7-16-18-9-15(20-16)13-10-19-14-6-4-3-5-12(13)14/h3-6,9-11,17H,7-8H2,1-2H3. The molecule has 0 amide bonds. The Labute approximate surface area is 117 Å². The summed E-state index contributed by atoms with van der Waals surface area (Å²) in [5, 5.41) is 4.40. The predicted octanol–water partition coefficient (Wildman–Crippen LogP) is 3.63. The molecule has 0 fully saturated rings. The Kier molecular flexibility index (Phi) is 3.56. The number of oxazole rings is 1. The highest BCUT2D eigenvalue weighted by Gasteiger charge is 2.12. The Morgan fingerprint density at radius 1 is 1.25 bits per heavy atom. The van der Waals surface area contributed by atoms with E-state index in [9.17, 15) is 0 Å². The molecule has 0 aliphatic carbocycles. The van der Waals surface area contributed by atoms with E-state index >= 15 is 0 Å². The molecular formula is C16H18N2O2. The maximum atomic E-state index is 5.81. The highest BCUT2D eigenvalue weighted by Crippen LogP contribution is 2.30. The zero-order chi connectivity index (χ0) is 13.9. The Morgan fingerprint density at radius 3 is 2.95 bits per heavy atom. The van der Waals surface area contributed by atoms with Gasteiger partial charge in [0.1, 0.15) is 11.8 Å². The molecule has 0 aliphatic rings. The van der Waals surface area contributed by atoms with Gasteiger partial charge in [0.2, 0.25) is 0 Å². The predicted molar refractivity (Wildman–Crippen MR) is 78.6 cm³/mol. The molecule has 0 atom stereocenters. The van der Waals surface area contributed by atoms with Gasteiger partial charge in [0.15, 0.2) is 11.7 Å². The summed E-state index contributed by atoms with van der Waals surface area (Å²) in [6, 6.07) is 8.39. The Hall–Kier alpha value is -2.07. The summed E-state index contributed by atoms with van der Waals surface area (Å²) in [7, 11) is 0. The SMILES string of the molecule is CC(C)NCCc1ncc(-c2coc3ccccc23)o1. The van der Waals surface area contributed by atoms with Gasteiger partial charge < -0.3 is 14.2 Å². The van der Waals surface area contributed by atoms with Gasteiger partial charge >= 0.3 is 0 Å². The molecule has 3 aromatic rings. The first kappa shape index (κ1) is 12.9. The molecule has 0 saturated heterocycles. The molecule has 0 unspecified atom stereocenters. The molecule has 4 heteroatoms. The van der Waals surface area contributed by atoms with Crippen LogP contribution in [0.25, 0.3) is 22.3 Å². The Bertz CT molecular complexity index is 697. The van der Waals surface area contributed by atoms with Crippen molar-refractivity contribution < 1.29 is 8.83 Å². The zero-order valence-corrected chi connectivity index (χ0v) is 11.7. The van der Waals surface area contributed by atoms with Gasteiger partial charge in [0, 0.05) is 24.4 Å². The van der Waals surface area contributed by atoms with Crippen LogP contribution < -0.4 is 5.32 Å². The summed E-state index contributed by atoms with van der Waals surface area (Å²) in [5.74, 6) is 1.51. The molecule has 2 aromatic heterocycles. The fourth-order valence-corrected chi connectivity index (χ4v) is 2.19. The van der Waals surface area contributed by atoms with Crippen LogP contribution in [0.15, 0.2) is 45.6 Å². The van der Waals surface area contributed by atoms with Gasteiger partial charge in [-0.25, -0.2) is 4.98 Å². The molecule has 20 heavy (non-hydrogen) atoms. The van der Waals surface area contributed by atoms with Crippen molar-refractivity contribution in [1.82, 2.24) is 10.3 Å². The van der Waals surface area contributed by atoms with Crippen LogP contribution >= 0.6 is 0 Å². The van der Waals surface area contributed by atoms with E-state index in [0.29, 0.717) is 6.04 Å². The van der Waals surface area contributed by atoms with Gasteiger partial charge in [-0.3, -0.25) is 0 Å². The number of para-hydroxylation sites is 1. The first-order valence-corrected chi connectivity index (χ1v) is 6.89. The van der Waals surface area contributed by atoms with Crippen LogP contribution in [0.2, 0.25) is 0 Å². The zero-order valence-electron chi connectivity index (χ0n) is 11.7. The van der Waals surface area contributed by atoms with Crippen LogP contribution in [0.3, 0.4) is 0 Å². The van der Waals surface area contributed by atoms with E-state index in [0.717, 1.165) is 41.1 Å². The van der Waals surface area contributed by atoms with Crippen molar-refractivity contribution in [2.24, 2.45) is 0 Å². The van der Waals surface area contributed by atoms with Gasteiger partial charge in [-0.1, -0.05) is 32.0 Å². The second-order valence-electron chi connectivity index (χ2n) is 5.12. The Morgan fingerprint density at radius 2 is 2.10 bits per heavy atom. The number of aromatic nitrogens is 1. The molecule has 0 aliphatic heterocycles. The topological polar surface area (TPSA) is 51.2 Å². The lowest BCUT2D eigenvalue weighted by Crippen LogP contribution is -2.24. The van der Waals surface area contributed by atoms with Crippen molar-refractivity contribution >= 4 is 11.0 Å². The molecule has 104 valence electrons. The number of rotatable bonds is 5. The molecule has 1 N–H and O–H groups in total. The van der Waals surface area contributed by atoms with E-state index < -0.39 is 0 Å². The third kappa shape index (κ3) is 2.60. The van der Waals surface area contributed by atoms with Crippen LogP contribution in [-0.4, -0.2) is 17.6 Å². The fraction of sp³-hybridized carbons (Fsp3) is 0.312. The molecule has 0 saturated carbocycles. The lowest BCUT2D eigenvalue weighted by molar-refractivity contribution is 0.484. The first-order chi connectivity index (χ1) is 9.74.